The zero-order chi connectivity index (χ0) is 93.6. The molecule has 0 aromatic heterocycles. The Labute approximate surface area is 771 Å². The molecule has 29 atom stereocenters. The predicted octanol–water partition coefficient (Wildman–Crippen LogP) is 5.99. The molecule has 0 amide bonds. The predicted molar refractivity (Wildman–Crippen MR) is 473 cm³/mol. The van der Waals surface area contributed by atoms with Crippen molar-refractivity contribution in [2.24, 2.45) is 23.7 Å². The van der Waals surface area contributed by atoms with Crippen LogP contribution in [0.3, 0.4) is 0 Å². The molecule has 6 aliphatic heterocycles. The van der Waals surface area contributed by atoms with Gasteiger partial charge in [0.15, 0.2) is 55.1 Å². The maximum Gasteiger partial charge on any atom is 0.324 e. The first kappa shape index (κ1) is 116. The molecule has 0 aromatic carbocycles. The van der Waals surface area contributed by atoms with Gasteiger partial charge in [0, 0.05) is 88.6 Å². The van der Waals surface area contributed by atoms with E-state index in [-0.39, 0.29) is 153 Å². The zero-order valence-electron chi connectivity index (χ0n) is 73.7. The van der Waals surface area contributed by atoms with E-state index >= 15 is 0 Å². The van der Waals surface area contributed by atoms with Crippen molar-refractivity contribution >= 4 is 110 Å². The maximum atomic E-state index is 12.7. The Hall–Kier alpha value is 0.780. The van der Waals surface area contributed by atoms with E-state index in [4.69, 9.17) is 166 Å². The topological polar surface area (TPSA) is 547 Å². The largest absolute Gasteiger partial charge is 0.394 e. The van der Waals surface area contributed by atoms with Crippen LogP contribution >= 0.6 is 33.6 Å². The van der Waals surface area contributed by atoms with Crippen molar-refractivity contribution in [1.29, 1.82) is 0 Å². The van der Waals surface area contributed by atoms with E-state index in [1.807, 2.05) is 20.8 Å². The quantitative estimate of drug-likeness (QED) is 0.0245. The minimum absolute atomic E-state index is 0.00236. The lowest BCUT2D eigenvalue weighted by Crippen LogP contribution is -2.55. The molecule has 0 aliphatic carbocycles. The van der Waals surface area contributed by atoms with E-state index in [2.05, 4.69) is 0 Å². The average molecular weight is 2020 g/mol. The van der Waals surface area contributed by atoms with Gasteiger partial charge in [-0.3, -0.25) is 14.4 Å². The third kappa shape index (κ3) is 44.9. The van der Waals surface area contributed by atoms with Gasteiger partial charge in [0.05, 0.1) is 103 Å². The summed E-state index contributed by atoms with van der Waals surface area (Å²) < 4.78 is 133. The summed E-state index contributed by atoms with van der Waals surface area (Å²) in [6.45, 7) is -10.5. The Morgan fingerprint density at radius 1 is 0.315 bits per heavy atom. The summed E-state index contributed by atoms with van der Waals surface area (Å²) in [4.78, 5) is 93.9. The number of ether oxygens (including phenoxy) is 13. The van der Waals surface area contributed by atoms with Crippen LogP contribution in [-0.4, -0.2) is 335 Å². The first-order chi connectivity index (χ1) is 60.1. The van der Waals surface area contributed by atoms with E-state index in [0.29, 0.717) is 71.0 Å². The van der Waals surface area contributed by atoms with Crippen molar-refractivity contribution in [3.05, 3.63) is 0 Å². The molecule has 127 heavy (non-hydrogen) atoms. The summed E-state index contributed by atoms with van der Waals surface area (Å²) in [6.07, 6.45) is -7.26. The van der Waals surface area contributed by atoms with Gasteiger partial charge in [0.2, 0.25) is 0 Å². The van der Waals surface area contributed by atoms with Crippen LogP contribution in [0, 0.1) is 23.7 Å². The Bertz CT molecular complexity index is 3370. The molecule has 6 rings (SSSR count). The van der Waals surface area contributed by atoms with Crippen molar-refractivity contribution in [3.8, 4) is 0 Å². The molecule has 40 nitrogen and oxygen atoms in total. The van der Waals surface area contributed by atoms with Crippen molar-refractivity contribution < 1.29 is 192 Å². The van der Waals surface area contributed by atoms with Crippen LogP contribution in [0.25, 0.3) is 0 Å². The lowest BCUT2D eigenvalue weighted by atomic mass is 9.86. The fourth-order valence-corrected chi connectivity index (χ4v) is 21.3. The van der Waals surface area contributed by atoms with E-state index < -0.39 is 201 Å². The number of ketones is 3. The summed E-state index contributed by atoms with van der Waals surface area (Å²) in [6, 6.07) is 0. The van der Waals surface area contributed by atoms with Crippen LogP contribution in [0.4, 0.5) is 0 Å². The smallest absolute Gasteiger partial charge is 0.324 e. The molecule has 0 aromatic rings. The van der Waals surface area contributed by atoms with Gasteiger partial charge >= 0.3 is 33.6 Å². The van der Waals surface area contributed by atoms with Crippen LogP contribution in [0.15, 0.2) is 0 Å². The number of aliphatic hydroxyl groups is 9. The number of aliphatic hydroxyl groups excluding tert-OH is 9. The van der Waals surface area contributed by atoms with Crippen molar-refractivity contribution in [1.82, 2.24) is 0 Å². The van der Waals surface area contributed by atoms with Gasteiger partial charge < -0.3 is 177 Å². The normalized spacial score (nSPS) is 32.6. The Morgan fingerprint density at radius 3 is 0.929 bits per heavy atom. The highest BCUT2D eigenvalue weighted by Gasteiger charge is 2.48. The minimum Gasteiger partial charge on any atom is -0.394 e. The average Bonchev–Trinajstić information content (AvgIpc) is 1.74. The van der Waals surface area contributed by atoms with Crippen molar-refractivity contribution in [2.75, 3.05) is 119 Å². The van der Waals surface area contributed by atoms with Crippen LogP contribution < -0.4 is 0 Å². The van der Waals surface area contributed by atoms with Crippen LogP contribution in [-0.2, 0) is 180 Å². The fraction of sp³-hybridized carbons (Fsp3) is 0.961. The Balaban J connectivity index is 0.914. The number of carbonyl (C=O) groups is 3. The number of unbranched alkanes of at least 4 members (excludes halogenated alkanes) is 12. The maximum absolute atomic E-state index is 12.7. The van der Waals surface area contributed by atoms with Gasteiger partial charge in [-0.15, -0.1) is 0 Å². The molecule has 0 bridgehead atoms. The van der Waals surface area contributed by atoms with Crippen LogP contribution in [0.5, 0.6) is 0 Å². The number of hydrogen-bond donors (Lipinski definition) is 14. The molecule has 0 spiro atoms. The van der Waals surface area contributed by atoms with Crippen molar-refractivity contribution in [2.45, 2.75) is 331 Å². The summed E-state index contributed by atoms with van der Waals surface area (Å²) in [5.74, 6) is -2.32. The molecular formula is C77H143O40P5S5. The third-order valence-electron chi connectivity index (χ3n) is 21.9. The highest BCUT2D eigenvalue weighted by atomic mass is 32.5. The Morgan fingerprint density at radius 2 is 0.598 bits per heavy atom. The molecule has 746 valence electrons. The molecule has 50 heteroatoms. The van der Waals surface area contributed by atoms with Crippen LogP contribution in [0.2, 0.25) is 0 Å². The number of Topliss-reactive ketones (excluding diaryl/α,β-unsaturated/α-hetero) is 3. The highest BCUT2D eigenvalue weighted by molar-refractivity contribution is 8.08. The molecule has 0 saturated carbocycles. The molecule has 14 N–H and O–H groups in total. The monoisotopic (exact) mass is 2020 g/mol. The SMILES string of the molecule is CC1[C@H](OCC(=O)CCCCCCCO[C@@H]2C[C@@H](OP(O)(=S)OCCCOC(C)(C)C)C(COP(O)(=S)OCCCOP(O)(=S)O[C@@H]3C[C@@H](OCCCCCCCC(=O)CO[C@@H]4OC(CO)[C@H](O)[C@H](O)C4C)OC3COP(O)(=S)OCCCOP(O)(=S)OC3C[C@@H](OCCCCCCCC(=O)CO[C@@H]4OC(CO)[C@H](O)[C@H](O)C4C)O[C@@H]3CO)O2)OC(CO)[C@H](C)[C@@H]1O. The standard InChI is InChI=1S/C77H143O40P5S5/c1-50-60(41-78)112-74(51(2)69(50)85)98-45-54(82)26-17-12-9-15-21-30-96-67-39-58(116-121(93,126)104-33-23-32-101-77(5,6)7)64(110-67)48-107-119(91,124)103-35-25-37-106-122(94,127)117-59-40-68(97-31-22-16-10-13-19-28-56(84)47-100-76-53(4)71(87)73(89)63(44-81)114-76)111-65(59)49-108-118(90,123)102-34-24-36-105-120(92,125)115-57-38-66(109-61(57)42-79)95-29-20-14-8-11-18-27-55(83)46-99-75-52(3)70(86)72(88)62(43-80)113-75/h50-53,57-76,78-81,85-89H,8-49H2,1-7H3,(H,90,123)(H,91,124)(H,92,125)(H,93,126)(H,94,127)/t50-,51?,52?,53?,57?,58+,59+,60?,61+,62?,63?,64?,65?,66-,67-,68-,69-,70+,71+,72-,73-,74+,75+,76+,118?,119?,120?,121?,122?/m0/s1. The second-order valence-electron chi connectivity index (χ2n) is 33.5. The van der Waals surface area contributed by atoms with Crippen molar-refractivity contribution in [3.63, 3.8) is 0 Å². The molecule has 6 saturated heterocycles. The highest BCUT2D eigenvalue weighted by Crippen LogP contribution is 2.53. The molecule has 0 radical (unpaired) electrons. The molecule has 6 fully saturated rings. The number of hydrogen-bond acceptors (Lipinski definition) is 40. The molecule has 6 aliphatic rings. The van der Waals surface area contributed by atoms with E-state index in [1.54, 1.807) is 27.7 Å². The molecule has 6 heterocycles. The van der Waals surface area contributed by atoms with Gasteiger partial charge in [-0.05, 0) is 138 Å². The number of rotatable bonds is 69. The van der Waals surface area contributed by atoms with E-state index in [1.165, 1.54) is 0 Å². The fourth-order valence-electron chi connectivity index (χ4n) is 14.4. The second kappa shape index (κ2) is 60.0. The summed E-state index contributed by atoms with van der Waals surface area (Å²) >= 11 is 26.8. The minimum atomic E-state index is -4.13. The van der Waals surface area contributed by atoms with Crippen LogP contribution in [0.1, 0.15) is 203 Å². The lowest BCUT2D eigenvalue weighted by molar-refractivity contribution is -0.280. The van der Waals surface area contributed by atoms with Gasteiger partial charge in [0.25, 0.3) is 0 Å². The molecular weight excluding hydrogens is 1880 g/mol. The first-order valence-electron chi connectivity index (χ1n) is 43.9. The van der Waals surface area contributed by atoms with Gasteiger partial charge in [-0.1, -0.05) is 85.5 Å². The van der Waals surface area contributed by atoms with E-state index in [0.717, 1.165) is 51.4 Å². The third-order valence-corrected chi connectivity index (χ3v) is 29.9. The number of carbonyl (C=O) groups excluding carboxylic acids is 3. The van der Waals surface area contributed by atoms with Gasteiger partial charge in [0.1, 0.15) is 80.9 Å². The molecule has 14 unspecified atom stereocenters. The summed E-state index contributed by atoms with van der Waals surface area (Å²) in [7, 11) is 0. The van der Waals surface area contributed by atoms with Gasteiger partial charge in [-0.25, -0.2) is 0 Å². The zero-order valence-corrected chi connectivity index (χ0v) is 82.3. The second-order valence-corrected chi connectivity index (χ2v) is 47.6. The summed E-state index contributed by atoms with van der Waals surface area (Å²) in [5, 5.41) is 90.1. The first-order valence-corrected chi connectivity index (χ1v) is 56.9. The summed E-state index contributed by atoms with van der Waals surface area (Å²) in [5.41, 5.74) is -0.393. The van der Waals surface area contributed by atoms with E-state index in [9.17, 15) is 84.8 Å². The lowest BCUT2D eigenvalue weighted by Gasteiger charge is -2.41. The van der Waals surface area contributed by atoms with Gasteiger partial charge in [-0.2, -0.15) is 0 Å². The Kier molecular flexibility index (Phi) is 55.1.